The Morgan fingerprint density at radius 1 is 1.38 bits per heavy atom. The molecule has 2 fully saturated rings. The van der Waals surface area contributed by atoms with E-state index in [4.69, 9.17) is 4.74 Å². The van der Waals surface area contributed by atoms with E-state index in [1.807, 2.05) is 0 Å². The van der Waals surface area contributed by atoms with Crippen molar-refractivity contribution in [1.82, 2.24) is 14.5 Å². The summed E-state index contributed by atoms with van der Waals surface area (Å²) < 4.78 is 45.3. The van der Waals surface area contributed by atoms with Crippen molar-refractivity contribution in [3.63, 3.8) is 0 Å². The number of β-amino-alcohol motifs (C(OH)–C–C–N with tert-alkyl or cyclic N) is 1. The van der Waals surface area contributed by atoms with Crippen LogP contribution in [0.1, 0.15) is 43.1 Å². The van der Waals surface area contributed by atoms with Gasteiger partial charge in [0.25, 0.3) is 0 Å². The van der Waals surface area contributed by atoms with Gasteiger partial charge in [0.2, 0.25) is 0 Å². The fourth-order valence-electron chi connectivity index (χ4n) is 3.73. The minimum atomic E-state index is -4.42. The van der Waals surface area contributed by atoms with E-state index in [-0.39, 0.29) is 5.92 Å². The first-order chi connectivity index (χ1) is 11.3. The Hall–Kier alpha value is -1.12. The van der Waals surface area contributed by atoms with Crippen LogP contribution in [0.2, 0.25) is 0 Å². The molecule has 3 rings (SSSR count). The number of aryl methyl sites for hydroxylation is 1. The van der Waals surface area contributed by atoms with Crippen LogP contribution < -0.4 is 0 Å². The van der Waals surface area contributed by atoms with E-state index in [1.165, 1.54) is 4.57 Å². The second kappa shape index (κ2) is 6.65. The molecule has 1 atom stereocenters. The van der Waals surface area contributed by atoms with Gasteiger partial charge < -0.3 is 14.4 Å². The van der Waals surface area contributed by atoms with Crippen LogP contribution in [0.15, 0.2) is 6.20 Å². The summed E-state index contributed by atoms with van der Waals surface area (Å²) in [6.07, 6.45) is -0.433. The van der Waals surface area contributed by atoms with Crippen LogP contribution in [0.3, 0.4) is 0 Å². The monoisotopic (exact) mass is 347 g/mol. The lowest BCUT2D eigenvalue weighted by molar-refractivity contribution is -0.141. The molecule has 0 radical (unpaired) electrons. The van der Waals surface area contributed by atoms with Gasteiger partial charge >= 0.3 is 6.18 Å². The van der Waals surface area contributed by atoms with Crippen LogP contribution in [0.4, 0.5) is 13.2 Å². The van der Waals surface area contributed by atoms with E-state index in [0.717, 1.165) is 25.6 Å². The highest BCUT2D eigenvalue weighted by Gasteiger charge is 2.37. The maximum absolute atomic E-state index is 12.9. The number of imidazole rings is 1. The molecule has 0 saturated carbocycles. The van der Waals surface area contributed by atoms with Crippen molar-refractivity contribution in [2.24, 2.45) is 7.05 Å². The van der Waals surface area contributed by atoms with E-state index in [9.17, 15) is 18.3 Å². The van der Waals surface area contributed by atoms with Gasteiger partial charge in [-0.05, 0) is 19.4 Å². The van der Waals surface area contributed by atoms with Gasteiger partial charge in [-0.1, -0.05) is 0 Å². The Labute approximate surface area is 139 Å². The van der Waals surface area contributed by atoms with Crippen LogP contribution in [0.25, 0.3) is 0 Å². The summed E-state index contributed by atoms with van der Waals surface area (Å²) >= 11 is 0. The highest BCUT2D eigenvalue weighted by Crippen LogP contribution is 2.33. The first-order valence-electron chi connectivity index (χ1n) is 8.40. The SMILES string of the molecule is Cn1cc(C(F)(F)F)nc1C1CCCN(CC2(O)CCOCC2)C1. The Balaban J connectivity index is 1.68. The molecule has 3 heterocycles. The zero-order valence-corrected chi connectivity index (χ0v) is 13.8. The molecule has 0 aromatic carbocycles. The predicted octanol–water partition coefficient (Wildman–Crippen LogP) is 2.16. The number of aromatic nitrogens is 2. The van der Waals surface area contributed by atoms with Gasteiger partial charge in [-0.15, -0.1) is 0 Å². The fraction of sp³-hybridized carbons (Fsp3) is 0.812. The maximum atomic E-state index is 12.9. The molecule has 5 nitrogen and oxygen atoms in total. The molecular formula is C16H24F3N3O2. The Bertz CT molecular complexity index is 567. The van der Waals surface area contributed by atoms with Crippen LogP contribution in [0.5, 0.6) is 0 Å². The molecule has 8 heteroatoms. The van der Waals surface area contributed by atoms with Gasteiger partial charge in [0.15, 0.2) is 5.69 Å². The number of likely N-dealkylation sites (tertiary alicyclic amines) is 1. The summed E-state index contributed by atoms with van der Waals surface area (Å²) in [7, 11) is 1.61. The van der Waals surface area contributed by atoms with Crippen molar-refractivity contribution in [3.05, 3.63) is 17.7 Å². The molecule has 2 saturated heterocycles. The van der Waals surface area contributed by atoms with Gasteiger partial charge in [-0.3, -0.25) is 4.90 Å². The van der Waals surface area contributed by atoms with Crippen LogP contribution in [-0.4, -0.2) is 58.0 Å². The Morgan fingerprint density at radius 2 is 2.08 bits per heavy atom. The summed E-state index contributed by atoms with van der Waals surface area (Å²) in [5.41, 5.74) is -1.58. The summed E-state index contributed by atoms with van der Waals surface area (Å²) in [6, 6.07) is 0. The van der Waals surface area contributed by atoms with E-state index < -0.39 is 17.5 Å². The summed E-state index contributed by atoms with van der Waals surface area (Å²) in [4.78, 5) is 5.99. The number of rotatable bonds is 3. The van der Waals surface area contributed by atoms with Gasteiger partial charge in [0.05, 0.1) is 5.60 Å². The van der Waals surface area contributed by atoms with Crippen molar-refractivity contribution in [3.8, 4) is 0 Å². The molecule has 1 unspecified atom stereocenters. The highest BCUT2D eigenvalue weighted by molar-refractivity contribution is 5.12. The van der Waals surface area contributed by atoms with Crippen LogP contribution >= 0.6 is 0 Å². The molecule has 0 amide bonds. The van der Waals surface area contributed by atoms with Gasteiger partial charge in [-0.25, -0.2) is 4.98 Å². The smallest absolute Gasteiger partial charge is 0.388 e. The van der Waals surface area contributed by atoms with E-state index in [1.54, 1.807) is 7.05 Å². The highest BCUT2D eigenvalue weighted by atomic mass is 19.4. The average Bonchev–Trinajstić information content (AvgIpc) is 2.90. The van der Waals surface area contributed by atoms with Gasteiger partial charge in [0.1, 0.15) is 5.82 Å². The van der Waals surface area contributed by atoms with Gasteiger partial charge in [0, 0.05) is 58.3 Å². The number of hydrogen-bond donors (Lipinski definition) is 1. The number of hydrogen-bond acceptors (Lipinski definition) is 4. The topological polar surface area (TPSA) is 50.5 Å². The van der Waals surface area contributed by atoms with E-state index >= 15 is 0 Å². The van der Waals surface area contributed by atoms with Crippen LogP contribution in [-0.2, 0) is 18.0 Å². The number of halogens is 3. The van der Waals surface area contributed by atoms with Crippen molar-refractivity contribution >= 4 is 0 Å². The number of nitrogens with zero attached hydrogens (tertiary/aromatic N) is 3. The standard InChI is InChI=1S/C16H24F3N3O2/c1-21-10-13(16(17,18)19)20-14(21)12-3-2-6-22(9-12)11-15(23)4-7-24-8-5-15/h10,12,23H,2-9,11H2,1H3. The van der Waals surface area contributed by atoms with Crippen molar-refractivity contribution in [2.45, 2.75) is 43.4 Å². The Kier molecular flexibility index (Phi) is 4.90. The summed E-state index contributed by atoms with van der Waals surface area (Å²) in [6.45, 7) is 3.15. The molecule has 0 aliphatic carbocycles. The third kappa shape index (κ3) is 3.92. The van der Waals surface area contributed by atoms with Crippen molar-refractivity contribution in [1.29, 1.82) is 0 Å². The lowest BCUT2D eigenvalue weighted by Crippen LogP contribution is -2.49. The molecule has 1 N–H and O–H groups in total. The summed E-state index contributed by atoms with van der Waals surface area (Å²) in [5.74, 6) is 0.439. The molecule has 0 spiro atoms. The van der Waals surface area contributed by atoms with Crippen molar-refractivity contribution < 1.29 is 23.0 Å². The Morgan fingerprint density at radius 3 is 2.71 bits per heavy atom. The zero-order chi connectivity index (χ0) is 17.4. The number of aliphatic hydroxyl groups is 1. The van der Waals surface area contributed by atoms with Crippen LogP contribution in [0, 0.1) is 0 Å². The molecule has 136 valence electrons. The van der Waals surface area contributed by atoms with E-state index in [0.29, 0.717) is 45.0 Å². The third-order valence-electron chi connectivity index (χ3n) is 5.01. The lowest BCUT2D eigenvalue weighted by atomic mass is 9.91. The number of ether oxygens (including phenoxy) is 1. The van der Waals surface area contributed by atoms with E-state index in [2.05, 4.69) is 9.88 Å². The number of piperidine rings is 1. The average molecular weight is 347 g/mol. The number of alkyl halides is 3. The second-order valence-corrected chi connectivity index (χ2v) is 7.00. The minimum Gasteiger partial charge on any atom is -0.388 e. The second-order valence-electron chi connectivity index (χ2n) is 7.00. The zero-order valence-electron chi connectivity index (χ0n) is 13.8. The first-order valence-corrected chi connectivity index (χ1v) is 8.40. The molecule has 2 aliphatic heterocycles. The molecule has 0 bridgehead atoms. The largest absolute Gasteiger partial charge is 0.434 e. The molecule has 2 aliphatic rings. The molecule has 1 aromatic heterocycles. The van der Waals surface area contributed by atoms with Gasteiger partial charge in [-0.2, -0.15) is 13.2 Å². The normalized spacial score (nSPS) is 25.8. The lowest BCUT2D eigenvalue weighted by Gasteiger charge is -2.40. The quantitative estimate of drug-likeness (QED) is 0.910. The minimum absolute atomic E-state index is 0.0386. The molecule has 1 aromatic rings. The predicted molar refractivity (Wildman–Crippen MR) is 81.6 cm³/mol. The van der Waals surface area contributed by atoms with Crippen molar-refractivity contribution in [2.75, 3.05) is 32.8 Å². The summed E-state index contributed by atoms with van der Waals surface area (Å²) in [5, 5.41) is 10.7. The first kappa shape index (κ1) is 17.7. The fourth-order valence-corrected chi connectivity index (χ4v) is 3.73. The molecule has 24 heavy (non-hydrogen) atoms. The maximum Gasteiger partial charge on any atom is 0.434 e. The third-order valence-corrected chi connectivity index (χ3v) is 5.01. The molecular weight excluding hydrogens is 323 g/mol.